The second-order valence-corrected chi connectivity index (χ2v) is 6.01. The predicted molar refractivity (Wildman–Crippen MR) is 87.9 cm³/mol. The number of carbonyl (C=O) groups is 1. The number of benzene rings is 1. The highest BCUT2D eigenvalue weighted by atomic mass is 16.6. The molecule has 5 heteroatoms. The zero-order chi connectivity index (χ0) is 16.8. The summed E-state index contributed by atoms with van der Waals surface area (Å²) in [6, 6.07) is 9.49. The standard InChI is InChI=1S/C18H27NO4/c1-4-9-13(3)16(20)17-19(18(21)22-5-2)15(12-23-17)14-10-7-6-8-11-14/h6-8,10-11,13,15-17,20H,4-5,9,12H2,1-3H3/t13-,15-,16+,17+/m0/s1. The molecule has 0 aromatic heterocycles. The monoisotopic (exact) mass is 321 g/mol. The van der Waals surface area contributed by atoms with E-state index in [9.17, 15) is 9.90 Å². The van der Waals surface area contributed by atoms with Crippen LogP contribution in [-0.2, 0) is 9.47 Å². The summed E-state index contributed by atoms with van der Waals surface area (Å²) in [4.78, 5) is 14.0. The number of hydrogen-bond acceptors (Lipinski definition) is 4. The van der Waals surface area contributed by atoms with Crippen LogP contribution >= 0.6 is 0 Å². The molecule has 23 heavy (non-hydrogen) atoms. The molecule has 1 amide bonds. The van der Waals surface area contributed by atoms with Crippen LogP contribution in [0.3, 0.4) is 0 Å². The van der Waals surface area contributed by atoms with Gasteiger partial charge < -0.3 is 14.6 Å². The van der Waals surface area contributed by atoms with Crippen molar-refractivity contribution in [2.75, 3.05) is 13.2 Å². The molecule has 0 spiro atoms. The number of aliphatic hydroxyl groups excluding tert-OH is 1. The van der Waals surface area contributed by atoms with Crippen molar-refractivity contribution in [1.29, 1.82) is 0 Å². The van der Waals surface area contributed by atoms with Crippen molar-refractivity contribution in [2.24, 2.45) is 5.92 Å². The Morgan fingerprint density at radius 2 is 2.09 bits per heavy atom. The number of carbonyl (C=O) groups excluding carboxylic acids is 1. The van der Waals surface area contributed by atoms with Crippen molar-refractivity contribution in [2.45, 2.75) is 52.0 Å². The van der Waals surface area contributed by atoms with Crippen LogP contribution in [0.25, 0.3) is 0 Å². The van der Waals surface area contributed by atoms with Gasteiger partial charge in [-0.1, -0.05) is 50.6 Å². The van der Waals surface area contributed by atoms with Crippen LogP contribution < -0.4 is 0 Å². The zero-order valence-electron chi connectivity index (χ0n) is 14.1. The van der Waals surface area contributed by atoms with E-state index < -0.39 is 18.4 Å². The molecule has 1 fully saturated rings. The predicted octanol–water partition coefficient (Wildman–Crippen LogP) is 3.34. The minimum atomic E-state index is -0.729. The van der Waals surface area contributed by atoms with E-state index in [4.69, 9.17) is 9.47 Å². The van der Waals surface area contributed by atoms with E-state index in [2.05, 4.69) is 6.92 Å². The van der Waals surface area contributed by atoms with Crippen LogP contribution in [0, 0.1) is 5.92 Å². The van der Waals surface area contributed by atoms with E-state index in [0.717, 1.165) is 18.4 Å². The molecule has 5 nitrogen and oxygen atoms in total. The normalized spacial score (nSPS) is 23.6. The Hall–Kier alpha value is -1.59. The SMILES string of the molecule is CCC[C@H](C)[C@@H](O)[C@H]1OC[C@@H](c2ccccc2)N1C(=O)OCC. The van der Waals surface area contributed by atoms with Gasteiger partial charge in [0.15, 0.2) is 6.23 Å². The minimum absolute atomic E-state index is 0.0523. The molecule has 2 rings (SSSR count). The molecule has 4 atom stereocenters. The third-order valence-corrected chi connectivity index (χ3v) is 4.32. The van der Waals surface area contributed by atoms with Gasteiger partial charge in [0.05, 0.1) is 19.3 Å². The Bertz CT molecular complexity index is 493. The first-order valence-electron chi connectivity index (χ1n) is 8.39. The van der Waals surface area contributed by atoms with E-state index >= 15 is 0 Å². The summed E-state index contributed by atoms with van der Waals surface area (Å²) in [5.74, 6) is 0.0523. The highest BCUT2D eigenvalue weighted by Crippen LogP contribution is 2.34. The summed E-state index contributed by atoms with van der Waals surface area (Å²) in [5.41, 5.74) is 0.985. The average molecular weight is 321 g/mol. The van der Waals surface area contributed by atoms with Gasteiger partial charge in [0.2, 0.25) is 0 Å². The third-order valence-electron chi connectivity index (χ3n) is 4.32. The lowest BCUT2D eigenvalue weighted by Crippen LogP contribution is -2.47. The van der Waals surface area contributed by atoms with Crippen LogP contribution in [0.1, 0.15) is 45.2 Å². The molecule has 0 aliphatic carbocycles. The maximum Gasteiger partial charge on any atom is 0.412 e. The summed E-state index contributed by atoms with van der Waals surface area (Å²) in [7, 11) is 0. The van der Waals surface area contributed by atoms with Gasteiger partial charge in [-0.25, -0.2) is 4.79 Å². The highest BCUT2D eigenvalue weighted by Gasteiger charge is 2.44. The first-order chi connectivity index (χ1) is 11.1. The van der Waals surface area contributed by atoms with E-state index in [1.54, 1.807) is 11.8 Å². The van der Waals surface area contributed by atoms with Gasteiger partial charge in [-0.2, -0.15) is 0 Å². The Kier molecular flexibility index (Phi) is 6.42. The van der Waals surface area contributed by atoms with E-state index in [1.165, 1.54) is 0 Å². The third kappa shape index (κ3) is 4.03. The Labute approximate surface area is 138 Å². The van der Waals surface area contributed by atoms with Crippen molar-refractivity contribution in [3.05, 3.63) is 35.9 Å². The van der Waals surface area contributed by atoms with Crippen molar-refractivity contribution >= 4 is 6.09 Å². The molecule has 1 heterocycles. The number of hydrogen-bond donors (Lipinski definition) is 1. The zero-order valence-corrected chi connectivity index (χ0v) is 14.1. The molecule has 0 bridgehead atoms. The first-order valence-corrected chi connectivity index (χ1v) is 8.39. The van der Waals surface area contributed by atoms with Crippen molar-refractivity contribution in [3.63, 3.8) is 0 Å². The largest absolute Gasteiger partial charge is 0.450 e. The fourth-order valence-corrected chi connectivity index (χ4v) is 3.06. The molecular formula is C18H27NO4. The molecular weight excluding hydrogens is 294 g/mol. The van der Waals surface area contributed by atoms with Crippen molar-refractivity contribution in [3.8, 4) is 0 Å². The molecule has 1 aliphatic rings. The van der Waals surface area contributed by atoms with E-state index in [1.807, 2.05) is 37.3 Å². The quantitative estimate of drug-likeness (QED) is 0.873. The molecule has 1 aromatic carbocycles. The molecule has 1 aliphatic heterocycles. The highest BCUT2D eigenvalue weighted by molar-refractivity contribution is 5.69. The number of nitrogens with zero attached hydrogens (tertiary/aromatic N) is 1. The van der Waals surface area contributed by atoms with Crippen LogP contribution in [0.2, 0.25) is 0 Å². The Morgan fingerprint density at radius 1 is 1.39 bits per heavy atom. The lowest BCUT2D eigenvalue weighted by Gasteiger charge is -2.32. The summed E-state index contributed by atoms with van der Waals surface area (Å²) in [5, 5.41) is 10.6. The van der Waals surface area contributed by atoms with Gasteiger partial charge in [-0.05, 0) is 24.8 Å². The molecule has 0 saturated carbocycles. The molecule has 0 unspecified atom stereocenters. The Morgan fingerprint density at radius 3 is 2.70 bits per heavy atom. The number of amides is 1. The minimum Gasteiger partial charge on any atom is -0.450 e. The lowest BCUT2D eigenvalue weighted by atomic mass is 9.97. The van der Waals surface area contributed by atoms with Crippen LogP contribution in [0.4, 0.5) is 4.79 Å². The van der Waals surface area contributed by atoms with Gasteiger partial charge in [0, 0.05) is 0 Å². The van der Waals surface area contributed by atoms with Gasteiger partial charge in [0.1, 0.15) is 6.10 Å². The van der Waals surface area contributed by atoms with Crippen LogP contribution in [0.5, 0.6) is 0 Å². The second kappa shape index (κ2) is 8.31. The topological polar surface area (TPSA) is 59.0 Å². The number of ether oxygens (including phenoxy) is 2. The van der Waals surface area contributed by atoms with E-state index in [-0.39, 0.29) is 12.0 Å². The van der Waals surface area contributed by atoms with Crippen LogP contribution in [0.15, 0.2) is 30.3 Å². The maximum absolute atomic E-state index is 12.4. The second-order valence-electron chi connectivity index (χ2n) is 6.01. The molecule has 128 valence electrons. The first kappa shape index (κ1) is 17.8. The smallest absolute Gasteiger partial charge is 0.412 e. The van der Waals surface area contributed by atoms with Gasteiger partial charge in [-0.3, -0.25) is 4.90 Å². The summed E-state index contributed by atoms with van der Waals surface area (Å²) in [6.07, 6.45) is 0.0284. The summed E-state index contributed by atoms with van der Waals surface area (Å²) < 4.78 is 11.0. The average Bonchev–Trinajstić information content (AvgIpc) is 3.00. The van der Waals surface area contributed by atoms with E-state index in [0.29, 0.717) is 13.2 Å². The fourth-order valence-electron chi connectivity index (χ4n) is 3.06. The van der Waals surface area contributed by atoms with Crippen molar-refractivity contribution in [1.82, 2.24) is 4.90 Å². The van der Waals surface area contributed by atoms with Gasteiger partial charge in [-0.15, -0.1) is 0 Å². The fraction of sp³-hybridized carbons (Fsp3) is 0.611. The van der Waals surface area contributed by atoms with Crippen LogP contribution in [-0.4, -0.2) is 41.6 Å². The Balaban J connectivity index is 2.23. The summed E-state index contributed by atoms with van der Waals surface area (Å²) >= 11 is 0. The molecule has 1 saturated heterocycles. The van der Waals surface area contributed by atoms with Crippen molar-refractivity contribution < 1.29 is 19.4 Å². The maximum atomic E-state index is 12.4. The summed E-state index contributed by atoms with van der Waals surface area (Å²) in [6.45, 7) is 6.50. The number of aliphatic hydroxyl groups is 1. The lowest BCUT2D eigenvalue weighted by molar-refractivity contribution is -0.0811. The molecule has 1 aromatic rings. The molecule has 0 radical (unpaired) electrons. The molecule has 1 N–H and O–H groups in total. The van der Waals surface area contributed by atoms with Gasteiger partial charge in [0.25, 0.3) is 0 Å². The van der Waals surface area contributed by atoms with Gasteiger partial charge >= 0.3 is 6.09 Å². The number of rotatable bonds is 6.